The third-order valence-electron chi connectivity index (χ3n) is 5.67. The van der Waals surface area contributed by atoms with Crippen LogP contribution in [0.25, 0.3) is 10.2 Å². The Hall–Kier alpha value is -2.13. The van der Waals surface area contributed by atoms with Crippen molar-refractivity contribution in [2.45, 2.75) is 50.6 Å². The highest BCUT2D eigenvalue weighted by Gasteiger charge is 2.24. The van der Waals surface area contributed by atoms with Crippen LogP contribution in [0.3, 0.4) is 0 Å². The van der Waals surface area contributed by atoms with Crippen LogP contribution in [-0.2, 0) is 39.2 Å². The normalized spacial score (nSPS) is 16.3. The van der Waals surface area contributed by atoms with Gasteiger partial charge in [-0.3, -0.25) is 23.3 Å². The van der Waals surface area contributed by atoms with Gasteiger partial charge in [-0.05, 0) is 37.7 Å². The summed E-state index contributed by atoms with van der Waals surface area (Å²) in [6.45, 7) is 4.72. The molecule has 4 rings (SSSR count). The van der Waals surface area contributed by atoms with Crippen molar-refractivity contribution in [2.24, 2.45) is 20.0 Å². The molecule has 7 nitrogen and oxygen atoms in total. The zero-order valence-corrected chi connectivity index (χ0v) is 18.7. The van der Waals surface area contributed by atoms with E-state index in [0.29, 0.717) is 29.1 Å². The van der Waals surface area contributed by atoms with Crippen molar-refractivity contribution in [1.29, 1.82) is 0 Å². The SMILES string of the molecule is CCn1c(SCc2cc(=O)n(C)c(=O)n2C)nc2sc3c(c2c1=O)CCC(C)C3. The van der Waals surface area contributed by atoms with E-state index in [1.54, 1.807) is 23.0 Å². The van der Waals surface area contributed by atoms with Crippen LogP contribution >= 0.6 is 23.1 Å². The van der Waals surface area contributed by atoms with E-state index >= 15 is 0 Å². The van der Waals surface area contributed by atoms with Gasteiger partial charge in [0.1, 0.15) is 4.83 Å². The number of aryl methyl sites for hydroxylation is 1. The second kappa shape index (κ2) is 7.60. The summed E-state index contributed by atoms with van der Waals surface area (Å²) < 4.78 is 4.25. The third-order valence-corrected chi connectivity index (χ3v) is 7.83. The highest BCUT2D eigenvalue weighted by atomic mass is 32.2. The monoisotopic (exact) mass is 432 g/mol. The molecule has 3 aromatic heterocycles. The number of rotatable bonds is 4. The molecular weight excluding hydrogens is 408 g/mol. The number of aromatic nitrogens is 4. The van der Waals surface area contributed by atoms with Gasteiger partial charge in [-0.1, -0.05) is 18.7 Å². The summed E-state index contributed by atoms with van der Waals surface area (Å²) in [6.07, 6.45) is 3.07. The summed E-state index contributed by atoms with van der Waals surface area (Å²) in [6, 6.07) is 1.46. The number of thioether (sulfide) groups is 1. The van der Waals surface area contributed by atoms with Gasteiger partial charge in [0.05, 0.1) is 5.39 Å². The number of nitrogens with zero attached hydrogens (tertiary/aromatic N) is 4. The predicted molar refractivity (Wildman–Crippen MR) is 117 cm³/mol. The van der Waals surface area contributed by atoms with E-state index < -0.39 is 0 Å². The van der Waals surface area contributed by atoms with E-state index in [0.717, 1.165) is 34.0 Å². The smallest absolute Gasteiger partial charge is 0.300 e. The Morgan fingerprint density at radius 2 is 2.00 bits per heavy atom. The molecule has 3 aromatic rings. The summed E-state index contributed by atoms with van der Waals surface area (Å²) in [4.78, 5) is 44.3. The lowest BCUT2D eigenvalue weighted by atomic mass is 9.89. The quantitative estimate of drug-likeness (QED) is 0.467. The van der Waals surface area contributed by atoms with Crippen molar-refractivity contribution in [3.05, 3.63) is 53.4 Å². The van der Waals surface area contributed by atoms with Gasteiger partial charge in [-0.25, -0.2) is 9.78 Å². The topological polar surface area (TPSA) is 78.9 Å². The molecule has 1 atom stereocenters. The minimum absolute atomic E-state index is 0.0184. The van der Waals surface area contributed by atoms with Crippen LogP contribution in [0.15, 0.2) is 25.6 Å². The minimum atomic E-state index is -0.357. The number of thiophene rings is 1. The maximum atomic E-state index is 13.2. The van der Waals surface area contributed by atoms with Gasteiger partial charge in [0.2, 0.25) is 0 Å². The Morgan fingerprint density at radius 1 is 1.24 bits per heavy atom. The van der Waals surface area contributed by atoms with Crippen molar-refractivity contribution >= 4 is 33.3 Å². The molecule has 154 valence electrons. The summed E-state index contributed by atoms with van der Waals surface area (Å²) >= 11 is 3.02. The highest BCUT2D eigenvalue weighted by molar-refractivity contribution is 7.98. The molecule has 29 heavy (non-hydrogen) atoms. The first-order chi connectivity index (χ1) is 13.8. The van der Waals surface area contributed by atoms with Crippen molar-refractivity contribution < 1.29 is 0 Å². The van der Waals surface area contributed by atoms with E-state index in [2.05, 4.69) is 6.92 Å². The number of hydrogen-bond donors (Lipinski definition) is 0. The van der Waals surface area contributed by atoms with Gasteiger partial charge in [0.25, 0.3) is 11.1 Å². The van der Waals surface area contributed by atoms with E-state index in [-0.39, 0.29) is 16.8 Å². The van der Waals surface area contributed by atoms with Crippen LogP contribution in [0.5, 0.6) is 0 Å². The zero-order valence-electron chi connectivity index (χ0n) is 17.0. The van der Waals surface area contributed by atoms with Crippen LogP contribution in [0, 0.1) is 5.92 Å². The fourth-order valence-electron chi connectivity index (χ4n) is 3.85. The second-order valence-electron chi connectivity index (χ2n) is 7.64. The zero-order chi connectivity index (χ0) is 20.9. The Morgan fingerprint density at radius 3 is 2.72 bits per heavy atom. The Kier molecular flexibility index (Phi) is 5.29. The summed E-state index contributed by atoms with van der Waals surface area (Å²) in [5.74, 6) is 1.03. The van der Waals surface area contributed by atoms with Gasteiger partial charge in [-0.2, -0.15) is 0 Å². The lowest BCUT2D eigenvalue weighted by Gasteiger charge is -2.17. The first kappa shape index (κ1) is 20.2. The van der Waals surface area contributed by atoms with Crippen LogP contribution in [0.4, 0.5) is 0 Å². The third kappa shape index (κ3) is 3.40. The lowest BCUT2D eigenvalue weighted by Crippen LogP contribution is -2.37. The molecule has 0 saturated carbocycles. The molecular formula is C20H24N4O3S2. The van der Waals surface area contributed by atoms with Crippen molar-refractivity contribution in [1.82, 2.24) is 18.7 Å². The molecule has 0 fully saturated rings. The van der Waals surface area contributed by atoms with Crippen LogP contribution in [0.1, 0.15) is 36.4 Å². The molecule has 0 aromatic carbocycles. The Bertz CT molecular complexity index is 1280. The largest absolute Gasteiger partial charge is 0.330 e. The maximum Gasteiger partial charge on any atom is 0.330 e. The van der Waals surface area contributed by atoms with E-state index in [9.17, 15) is 14.4 Å². The predicted octanol–water partition coefficient (Wildman–Crippen LogP) is 2.29. The minimum Gasteiger partial charge on any atom is -0.300 e. The molecule has 0 radical (unpaired) electrons. The molecule has 0 aliphatic heterocycles. The molecule has 9 heteroatoms. The van der Waals surface area contributed by atoms with Gasteiger partial charge < -0.3 is 0 Å². The fourth-order valence-corrected chi connectivity index (χ4v) is 6.36. The molecule has 1 aliphatic rings. The van der Waals surface area contributed by atoms with Crippen LogP contribution < -0.4 is 16.8 Å². The van der Waals surface area contributed by atoms with E-state index in [4.69, 9.17) is 4.98 Å². The number of fused-ring (bicyclic) bond motifs is 3. The molecule has 0 spiro atoms. The summed E-state index contributed by atoms with van der Waals surface area (Å²) in [5.41, 5.74) is 1.13. The average Bonchev–Trinajstić information content (AvgIpc) is 3.05. The Balaban J connectivity index is 1.76. The molecule has 0 bridgehead atoms. The standard InChI is InChI=1S/C20H24N4O3S2/c1-5-24-18(26)16-13-7-6-11(2)8-14(13)29-17(16)21-19(24)28-10-12-9-15(25)23(4)20(27)22(12)3/h9,11H,5-8,10H2,1-4H3. The van der Waals surface area contributed by atoms with Gasteiger partial charge in [-0.15, -0.1) is 11.3 Å². The molecule has 1 aliphatic carbocycles. The van der Waals surface area contributed by atoms with Gasteiger partial charge in [0.15, 0.2) is 5.16 Å². The van der Waals surface area contributed by atoms with E-state index in [1.165, 1.54) is 39.9 Å². The molecule has 0 N–H and O–H groups in total. The maximum absolute atomic E-state index is 13.2. The Labute approximate surface area is 176 Å². The van der Waals surface area contributed by atoms with Crippen molar-refractivity contribution in [2.75, 3.05) is 0 Å². The first-order valence-electron chi connectivity index (χ1n) is 9.75. The fraction of sp³-hybridized carbons (Fsp3) is 0.500. The van der Waals surface area contributed by atoms with Gasteiger partial charge >= 0.3 is 5.69 Å². The van der Waals surface area contributed by atoms with Crippen LogP contribution in [-0.4, -0.2) is 18.7 Å². The molecule has 3 heterocycles. The number of hydrogen-bond acceptors (Lipinski definition) is 6. The average molecular weight is 433 g/mol. The van der Waals surface area contributed by atoms with E-state index in [1.807, 2.05) is 6.92 Å². The summed E-state index contributed by atoms with van der Waals surface area (Å²) in [7, 11) is 3.11. The lowest BCUT2D eigenvalue weighted by molar-refractivity contribution is 0.509. The first-order valence-corrected chi connectivity index (χ1v) is 11.6. The van der Waals surface area contributed by atoms with Crippen LogP contribution in [0.2, 0.25) is 0 Å². The highest BCUT2D eigenvalue weighted by Crippen LogP contribution is 2.36. The van der Waals surface area contributed by atoms with Crippen molar-refractivity contribution in [3.8, 4) is 0 Å². The molecule has 0 saturated heterocycles. The second-order valence-corrected chi connectivity index (χ2v) is 9.67. The van der Waals surface area contributed by atoms with Gasteiger partial charge in [0, 0.05) is 43.0 Å². The molecule has 0 amide bonds. The molecule has 1 unspecified atom stereocenters. The van der Waals surface area contributed by atoms with Crippen molar-refractivity contribution in [3.63, 3.8) is 0 Å². The summed E-state index contributed by atoms with van der Waals surface area (Å²) in [5, 5.41) is 1.41.